The van der Waals surface area contributed by atoms with Gasteiger partial charge in [-0.25, -0.2) is 4.98 Å². The maximum Gasteiger partial charge on any atom is 0.265 e. The Labute approximate surface area is 139 Å². The number of thiazole rings is 1. The monoisotopic (exact) mass is 349 g/mol. The largest absolute Gasteiger partial charge is 0.462 e. The van der Waals surface area contributed by atoms with Gasteiger partial charge in [0.15, 0.2) is 10.8 Å². The van der Waals surface area contributed by atoms with Gasteiger partial charge < -0.3 is 14.6 Å². The molecule has 0 spiro atoms. The fraction of sp³-hybridized carbons (Fsp3) is 0.385. The van der Waals surface area contributed by atoms with Crippen LogP contribution in [0.1, 0.15) is 16.6 Å². The van der Waals surface area contributed by atoms with E-state index in [1.54, 1.807) is 12.5 Å². The third-order valence-corrected chi connectivity index (χ3v) is 4.10. The maximum absolute atomic E-state index is 12.4. The molecular formula is C13H17Cl2N3O2S. The van der Waals surface area contributed by atoms with Gasteiger partial charge in [-0.1, -0.05) is 0 Å². The standard InChI is InChI=1S/C13H15N3O2S.2ClH/c1-9-8-16(5-4-14-9)13(17)11-7-15-12(19-11)10-3-2-6-18-10;;/h2-3,6-7,9,14H,4-5,8H2,1H3;2*1H. The number of rotatable bonds is 2. The van der Waals surface area contributed by atoms with Crippen LogP contribution in [0.25, 0.3) is 10.8 Å². The van der Waals surface area contributed by atoms with Crippen molar-refractivity contribution in [2.24, 2.45) is 0 Å². The highest BCUT2D eigenvalue weighted by atomic mass is 35.5. The number of furan rings is 1. The molecule has 0 aromatic carbocycles. The summed E-state index contributed by atoms with van der Waals surface area (Å²) in [6.45, 7) is 4.42. The molecule has 1 unspecified atom stereocenters. The Bertz CT molecular complexity index is 574. The Kier molecular flexibility index (Phi) is 6.67. The van der Waals surface area contributed by atoms with E-state index < -0.39 is 0 Å². The molecule has 0 saturated carbocycles. The summed E-state index contributed by atoms with van der Waals surface area (Å²) < 4.78 is 5.29. The van der Waals surface area contributed by atoms with Crippen molar-refractivity contribution in [1.29, 1.82) is 0 Å². The van der Waals surface area contributed by atoms with Crippen LogP contribution >= 0.6 is 36.2 Å². The number of amides is 1. The molecule has 116 valence electrons. The zero-order chi connectivity index (χ0) is 13.2. The van der Waals surface area contributed by atoms with Crippen molar-refractivity contribution in [2.45, 2.75) is 13.0 Å². The van der Waals surface area contributed by atoms with Crippen molar-refractivity contribution in [3.05, 3.63) is 29.5 Å². The van der Waals surface area contributed by atoms with E-state index in [-0.39, 0.29) is 30.7 Å². The van der Waals surface area contributed by atoms with Crippen LogP contribution in [0, 0.1) is 0 Å². The molecule has 1 fully saturated rings. The van der Waals surface area contributed by atoms with Gasteiger partial charge in [-0.05, 0) is 19.1 Å². The molecule has 0 bridgehead atoms. The van der Waals surface area contributed by atoms with Gasteiger partial charge in [0, 0.05) is 25.7 Å². The summed E-state index contributed by atoms with van der Waals surface area (Å²) in [5.74, 6) is 0.765. The van der Waals surface area contributed by atoms with Crippen LogP contribution in [0.15, 0.2) is 29.0 Å². The van der Waals surface area contributed by atoms with Gasteiger partial charge in [-0.3, -0.25) is 4.79 Å². The van der Waals surface area contributed by atoms with Gasteiger partial charge in [-0.2, -0.15) is 0 Å². The van der Waals surface area contributed by atoms with E-state index in [1.807, 2.05) is 17.0 Å². The zero-order valence-electron chi connectivity index (χ0n) is 11.4. The lowest BCUT2D eigenvalue weighted by Crippen LogP contribution is -2.51. The molecular weight excluding hydrogens is 333 g/mol. The number of carbonyl (C=O) groups excluding carboxylic acids is 1. The Morgan fingerprint density at radius 2 is 2.33 bits per heavy atom. The predicted octanol–water partition coefficient (Wildman–Crippen LogP) is 2.68. The molecule has 3 rings (SSSR count). The summed E-state index contributed by atoms with van der Waals surface area (Å²) in [6.07, 6.45) is 3.24. The summed E-state index contributed by atoms with van der Waals surface area (Å²) in [5.41, 5.74) is 0. The Hall–Kier alpha value is -1.08. The first-order chi connectivity index (χ1) is 9.24. The lowest BCUT2D eigenvalue weighted by molar-refractivity contribution is 0.0714. The number of aromatic nitrogens is 1. The van der Waals surface area contributed by atoms with E-state index in [9.17, 15) is 4.79 Å². The molecule has 1 aliphatic heterocycles. The molecule has 1 N–H and O–H groups in total. The fourth-order valence-electron chi connectivity index (χ4n) is 2.16. The van der Waals surface area contributed by atoms with Crippen molar-refractivity contribution < 1.29 is 9.21 Å². The summed E-state index contributed by atoms with van der Waals surface area (Å²) in [4.78, 5) is 19.2. The third-order valence-electron chi connectivity index (χ3n) is 3.10. The number of nitrogens with zero attached hydrogens (tertiary/aromatic N) is 2. The predicted molar refractivity (Wildman–Crippen MR) is 87.7 cm³/mol. The van der Waals surface area contributed by atoms with Crippen LogP contribution in [0.4, 0.5) is 0 Å². The zero-order valence-corrected chi connectivity index (χ0v) is 13.9. The molecule has 1 amide bonds. The van der Waals surface area contributed by atoms with Crippen LogP contribution in [-0.4, -0.2) is 41.5 Å². The first kappa shape index (κ1) is 18.0. The number of nitrogens with one attached hydrogen (secondary N) is 1. The molecule has 2 aromatic heterocycles. The summed E-state index contributed by atoms with van der Waals surface area (Å²) >= 11 is 1.38. The third kappa shape index (κ3) is 3.97. The molecule has 21 heavy (non-hydrogen) atoms. The Balaban J connectivity index is 0.00000110. The molecule has 3 heterocycles. The molecule has 8 heteroatoms. The molecule has 5 nitrogen and oxygen atoms in total. The van der Waals surface area contributed by atoms with Gasteiger partial charge in [-0.15, -0.1) is 36.2 Å². The van der Waals surface area contributed by atoms with Crippen molar-refractivity contribution in [1.82, 2.24) is 15.2 Å². The first-order valence-corrected chi connectivity index (χ1v) is 7.08. The second-order valence-electron chi connectivity index (χ2n) is 4.61. The number of halogens is 2. The van der Waals surface area contributed by atoms with Crippen LogP contribution < -0.4 is 5.32 Å². The minimum Gasteiger partial charge on any atom is -0.462 e. The quantitative estimate of drug-likeness (QED) is 0.905. The lowest BCUT2D eigenvalue weighted by Gasteiger charge is -2.31. The highest BCUT2D eigenvalue weighted by Gasteiger charge is 2.23. The van der Waals surface area contributed by atoms with Crippen molar-refractivity contribution >= 4 is 42.1 Å². The van der Waals surface area contributed by atoms with E-state index in [1.165, 1.54) is 11.3 Å². The summed E-state index contributed by atoms with van der Waals surface area (Å²) in [6, 6.07) is 4.01. The first-order valence-electron chi connectivity index (χ1n) is 6.26. The van der Waals surface area contributed by atoms with Crippen molar-refractivity contribution in [2.75, 3.05) is 19.6 Å². The second kappa shape index (κ2) is 7.79. The average molecular weight is 350 g/mol. The number of carbonyl (C=O) groups is 1. The number of hydrogen-bond donors (Lipinski definition) is 1. The SMILES string of the molecule is CC1CN(C(=O)c2cnc(-c3ccco3)s2)CCN1.Cl.Cl. The van der Waals surface area contributed by atoms with Gasteiger partial charge in [0.05, 0.1) is 12.5 Å². The van der Waals surface area contributed by atoms with Crippen LogP contribution in [-0.2, 0) is 0 Å². The summed E-state index contributed by atoms with van der Waals surface area (Å²) in [7, 11) is 0. The van der Waals surface area contributed by atoms with E-state index in [2.05, 4.69) is 17.2 Å². The van der Waals surface area contributed by atoms with E-state index in [4.69, 9.17) is 4.42 Å². The van der Waals surface area contributed by atoms with E-state index in [0.29, 0.717) is 16.7 Å². The van der Waals surface area contributed by atoms with Gasteiger partial charge in [0.25, 0.3) is 5.91 Å². The summed E-state index contributed by atoms with van der Waals surface area (Å²) in [5, 5.41) is 4.07. The second-order valence-corrected chi connectivity index (χ2v) is 5.64. The molecule has 0 aliphatic carbocycles. The highest BCUT2D eigenvalue weighted by molar-refractivity contribution is 7.16. The van der Waals surface area contributed by atoms with Gasteiger partial charge >= 0.3 is 0 Å². The van der Waals surface area contributed by atoms with E-state index >= 15 is 0 Å². The van der Waals surface area contributed by atoms with Crippen molar-refractivity contribution in [3.8, 4) is 10.8 Å². The minimum atomic E-state index is 0. The lowest BCUT2D eigenvalue weighted by atomic mass is 10.2. The topological polar surface area (TPSA) is 58.4 Å². The molecule has 0 radical (unpaired) electrons. The fourth-order valence-corrected chi connectivity index (χ4v) is 3.01. The minimum absolute atomic E-state index is 0. The average Bonchev–Trinajstić information content (AvgIpc) is 3.08. The van der Waals surface area contributed by atoms with Crippen LogP contribution in [0.5, 0.6) is 0 Å². The van der Waals surface area contributed by atoms with Gasteiger partial charge in [0.2, 0.25) is 0 Å². The normalized spacial score (nSPS) is 17.8. The number of hydrogen-bond acceptors (Lipinski definition) is 5. The van der Waals surface area contributed by atoms with Crippen molar-refractivity contribution in [3.63, 3.8) is 0 Å². The highest BCUT2D eigenvalue weighted by Crippen LogP contribution is 2.26. The van der Waals surface area contributed by atoms with Gasteiger partial charge in [0.1, 0.15) is 4.88 Å². The Morgan fingerprint density at radius 1 is 1.52 bits per heavy atom. The van der Waals surface area contributed by atoms with E-state index in [0.717, 1.165) is 24.6 Å². The molecule has 1 aliphatic rings. The molecule has 1 saturated heterocycles. The smallest absolute Gasteiger partial charge is 0.265 e. The van der Waals surface area contributed by atoms with Crippen LogP contribution in [0.2, 0.25) is 0 Å². The van der Waals surface area contributed by atoms with Crippen LogP contribution in [0.3, 0.4) is 0 Å². The molecule has 1 atom stereocenters. The number of piperazine rings is 1. The Morgan fingerprint density at radius 3 is 3.00 bits per heavy atom. The maximum atomic E-state index is 12.4. The molecule has 2 aromatic rings.